The van der Waals surface area contributed by atoms with Gasteiger partial charge in [0.2, 0.25) is 0 Å². The van der Waals surface area contributed by atoms with Gasteiger partial charge in [0.15, 0.2) is 11.6 Å². The predicted molar refractivity (Wildman–Crippen MR) is 145 cm³/mol. The number of aliphatic hydroxyl groups is 1. The number of ether oxygens (including phenoxy) is 1. The largest absolute Gasteiger partial charge is 0.461 e. The SMILES string of the molecule is CCOCc1nc2c(N)nc3ccccc3c2n1C[C@](C)(O)OP(=O)(N[C@@H](C)C(F)(F)F)Oc1ccc(Cl)cc1. The van der Waals surface area contributed by atoms with Gasteiger partial charge in [0.1, 0.15) is 29.7 Å². The fourth-order valence-corrected chi connectivity index (χ4v) is 5.84. The van der Waals surface area contributed by atoms with Crippen LogP contribution in [0.2, 0.25) is 5.02 Å². The predicted octanol–water partition coefficient (Wildman–Crippen LogP) is 5.81. The van der Waals surface area contributed by atoms with Crippen molar-refractivity contribution < 1.29 is 36.6 Å². The van der Waals surface area contributed by atoms with Crippen molar-refractivity contribution in [3.05, 3.63) is 59.4 Å². The average molecular weight is 602 g/mol. The van der Waals surface area contributed by atoms with Gasteiger partial charge in [-0.1, -0.05) is 29.8 Å². The Morgan fingerprint density at radius 2 is 1.85 bits per heavy atom. The molecule has 0 amide bonds. The number of imidazole rings is 1. The first kappa shape index (κ1) is 30.0. The number of nitrogens with two attached hydrogens (primary N) is 1. The molecule has 2 aromatic carbocycles. The van der Waals surface area contributed by atoms with Gasteiger partial charge in [0.05, 0.1) is 17.6 Å². The van der Waals surface area contributed by atoms with E-state index in [0.29, 0.717) is 39.4 Å². The number of alkyl halides is 3. The second-order valence-electron chi connectivity index (χ2n) is 9.16. The van der Waals surface area contributed by atoms with Gasteiger partial charge >= 0.3 is 13.9 Å². The molecule has 4 N–H and O–H groups in total. The van der Waals surface area contributed by atoms with E-state index < -0.39 is 32.3 Å². The van der Waals surface area contributed by atoms with Crippen molar-refractivity contribution in [1.82, 2.24) is 19.6 Å². The maximum absolute atomic E-state index is 13.7. The van der Waals surface area contributed by atoms with E-state index in [1.807, 2.05) is 5.09 Å². The summed E-state index contributed by atoms with van der Waals surface area (Å²) >= 11 is 5.87. The van der Waals surface area contributed by atoms with E-state index in [-0.39, 0.29) is 18.2 Å². The van der Waals surface area contributed by atoms with Gasteiger partial charge in [-0.25, -0.2) is 14.5 Å². The third-order valence-corrected chi connectivity index (χ3v) is 7.82. The monoisotopic (exact) mass is 601 g/mol. The van der Waals surface area contributed by atoms with Gasteiger partial charge < -0.3 is 24.7 Å². The Kier molecular flexibility index (Phi) is 8.65. The van der Waals surface area contributed by atoms with Crippen molar-refractivity contribution >= 4 is 47.1 Å². The summed E-state index contributed by atoms with van der Waals surface area (Å²) in [5.74, 6) is -1.99. The molecular weight excluding hydrogens is 574 g/mol. The Hall–Kier alpha value is -2.93. The average Bonchev–Trinajstić information content (AvgIpc) is 3.21. The zero-order valence-corrected chi connectivity index (χ0v) is 23.4. The standard InChI is InChI=1S/C25H28ClF3N5O5P/c1-4-37-13-20-32-21-22(18-7-5-6-8-19(18)31-23(21)30)34(20)14-24(3,35)39-40(36,33-15(2)25(27,28)29)38-17-11-9-16(26)10-12-17/h5-12,15,35H,4,13-14H2,1-3H3,(H2,30,31)(H,33,36)/t15-,24+,40?/m0/s1. The summed E-state index contributed by atoms with van der Waals surface area (Å²) in [6.45, 7) is 3.62. The number of benzene rings is 2. The first-order valence-corrected chi connectivity index (χ1v) is 14.1. The molecule has 0 aliphatic heterocycles. The number of pyridine rings is 1. The Balaban J connectivity index is 1.76. The highest BCUT2D eigenvalue weighted by Gasteiger charge is 2.45. The molecule has 2 heterocycles. The number of aromatic nitrogens is 3. The van der Waals surface area contributed by atoms with Crippen LogP contribution < -0.4 is 15.3 Å². The van der Waals surface area contributed by atoms with Crippen molar-refractivity contribution in [3.63, 3.8) is 0 Å². The van der Waals surface area contributed by atoms with E-state index in [1.54, 1.807) is 35.8 Å². The number of nitrogens with zero attached hydrogens (tertiary/aromatic N) is 3. The fraction of sp³-hybridized carbons (Fsp3) is 0.360. The number of halogens is 4. The van der Waals surface area contributed by atoms with Crippen molar-refractivity contribution in [2.24, 2.45) is 0 Å². The molecule has 0 saturated carbocycles. The lowest BCUT2D eigenvalue weighted by atomic mass is 10.2. The summed E-state index contributed by atoms with van der Waals surface area (Å²) in [7, 11) is -4.87. The first-order chi connectivity index (χ1) is 18.7. The molecule has 0 fully saturated rings. The van der Waals surface area contributed by atoms with Gasteiger partial charge in [0.25, 0.3) is 0 Å². The zero-order valence-electron chi connectivity index (χ0n) is 21.8. The minimum Gasteiger partial charge on any atom is -0.413 e. The maximum atomic E-state index is 13.7. The fourth-order valence-electron chi connectivity index (χ4n) is 3.98. The summed E-state index contributed by atoms with van der Waals surface area (Å²) < 4.78 is 71.9. The topological polar surface area (TPSA) is 134 Å². The molecule has 1 unspecified atom stereocenters. The van der Waals surface area contributed by atoms with Crippen LogP contribution in [-0.4, -0.2) is 44.3 Å². The van der Waals surface area contributed by atoms with Crippen LogP contribution in [0.3, 0.4) is 0 Å². The molecule has 4 rings (SSSR count). The van der Waals surface area contributed by atoms with Crippen LogP contribution in [0.25, 0.3) is 21.9 Å². The van der Waals surface area contributed by atoms with E-state index in [1.165, 1.54) is 24.3 Å². The Morgan fingerprint density at radius 1 is 1.18 bits per heavy atom. The van der Waals surface area contributed by atoms with Gasteiger partial charge in [0, 0.05) is 17.0 Å². The summed E-state index contributed by atoms with van der Waals surface area (Å²) in [5, 5.41) is 14.2. The lowest BCUT2D eigenvalue weighted by Crippen LogP contribution is -2.42. The highest BCUT2D eigenvalue weighted by atomic mass is 35.5. The highest BCUT2D eigenvalue weighted by molar-refractivity contribution is 7.52. The number of rotatable bonds is 11. The van der Waals surface area contributed by atoms with E-state index >= 15 is 0 Å². The molecule has 0 bridgehead atoms. The molecule has 0 aliphatic carbocycles. The lowest BCUT2D eigenvalue weighted by Gasteiger charge is -2.31. The minimum atomic E-state index is -4.87. The summed E-state index contributed by atoms with van der Waals surface area (Å²) in [5.41, 5.74) is 7.54. The summed E-state index contributed by atoms with van der Waals surface area (Å²) in [6.07, 6.45) is -4.79. The number of para-hydroxylation sites is 1. The van der Waals surface area contributed by atoms with Crippen molar-refractivity contribution in [3.8, 4) is 5.75 Å². The second kappa shape index (κ2) is 11.5. The quantitative estimate of drug-likeness (QED) is 0.144. The van der Waals surface area contributed by atoms with Gasteiger partial charge in [-0.15, -0.1) is 0 Å². The summed E-state index contributed by atoms with van der Waals surface area (Å²) in [6, 6.07) is 10.2. The van der Waals surface area contributed by atoms with Crippen LogP contribution in [0.5, 0.6) is 5.75 Å². The van der Waals surface area contributed by atoms with Crippen LogP contribution in [0.1, 0.15) is 26.6 Å². The Morgan fingerprint density at radius 3 is 2.50 bits per heavy atom. The molecule has 2 aromatic heterocycles. The van der Waals surface area contributed by atoms with E-state index in [4.69, 9.17) is 31.1 Å². The molecule has 10 nitrogen and oxygen atoms in total. The minimum absolute atomic E-state index is 0.0112. The molecule has 40 heavy (non-hydrogen) atoms. The molecule has 0 saturated heterocycles. The number of hydrogen-bond donors (Lipinski definition) is 3. The molecule has 0 radical (unpaired) electrons. The molecule has 216 valence electrons. The van der Waals surface area contributed by atoms with Crippen LogP contribution in [-0.2, 0) is 27.0 Å². The first-order valence-electron chi connectivity index (χ1n) is 12.2. The van der Waals surface area contributed by atoms with Gasteiger partial charge in [-0.05, 0) is 51.1 Å². The molecule has 3 atom stereocenters. The van der Waals surface area contributed by atoms with Gasteiger partial charge in [-0.3, -0.25) is 4.52 Å². The van der Waals surface area contributed by atoms with Crippen molar-refractivity contribution in [1.29, 1.82) is 0 Å². The molecule has 15 heteroatoms. The smallest absolute Gasteiger partial charge is 0.413 e. The number of hydrogen-bond acceptors (Lipinski definition) is 8. The van der Waals surface area contributed by atoms with Crippen LogP contribution in [0.15, 0.2) is 48.5 Å². The van der Waals surface area contributed by atoms with Crippen molar-refractivity contribution in [2.45, 2.75) is 51.9 Å². The van der Waals surface area contributed by atoms with E-state index in [0.717, 1.165) is 13.8 Å². The van der Waals surface area contributed by atoms with E-state index in [9.17, 15) is 22.8 Å². The summed E-state index contributed by atoms with van der Waals surface area (Å²) in [4.78, 5) is 8.92. The van der Waals surface area contributed by atoms with Gasteiger partial charge in [-0.2, -0.15) is 18.3 Å². The second-order valence-corrected chi connectivity index (χ2v) is 11.2. The zero-order chi connectivity index (χ0) is 29.3. The normalized spacial score (nSPS) is 16.1. The molecule has 0 aliphatic rings. The highest BCUT2D eigenvalue weighted by Crippen LogP contribution is 2.49. The number of nitrogen functional groups attached to an aromatic ring is 1. The molecular formula is C25H28ClF3N5O5P. The van der Waals surface area contributed by atoms with Crippen LogP contribution in [0, 0.1) is 0 Å². The number of fused-ring (bicyclic) bond motifs is 3. The Bertz CT molecular complexity index is 1550. The van der Waals surface area contributed by atoms with Crippen LogP contribution >= 0.6 is 19.3 Å². The van der Waals surface area contributed by atoms with E-state index in [2.05, 4.69) is 9.97 Å². The van der Waals surface area contributed by atoms with Crippen molar-refractivity contribution in [2.75, 3.05) is 12.3 Å². The number of anilines is 1. The van der Waals surface area contributed by atoms with Crippen LogP contribution in [0.4, 0.5) is 19.0 Å². The number of nitrogens with one attached hydrogen (secondary N) is 1. The third kappa shape index (κ3) is 6.85. The Labute approximate surface area is 232 Å². The maximum Gasteiger partial charge on any atom is 0.461 e. The molecule has 0 spiro atoms. The lowest BCUT2D eigenvalue weighted by molar-refractivity contribution is -0.156. The molecule has 4 aromatic rings. The third-order valence-electron chi connectivity index (χ3n) is 5.77.